The topological polar surface area (TPSA) is 0 Å². The van der Waals surface area contributed by atoms with Gasteiger partial charge in [0, 0.05) is 10.8 Å². The molecule has 2 saturated carbocycles. The molecule has 9 atom stereocenters. The Morgan fingerprint density at radius 2 is 1.06 bits per heavy atom. The SMILES string of the molecule is CC(C)C1[C-]=CC(C(C)(C)C)=C1.CC1=CC=CC2[CH-]C3(C)C4(C)C=CC=CC4(C)C4(C)C=CC=CC4(C)C3(C)C12C.FC(F)(F)c1ccc([C](=[Zr+2])c2ccc(C(F)(F)F)cc2)cc1.[Cl-].[Cl-]. The van der Waals surface area contributed by atoms with Gasteiger partial charge in [-0.2, -0.15) is 11.6 Å². The van der Waals surface area contributed by atoms with Crippen molar-refractivity contribution in [1.29, 1.82) is 0 Å². The van der Waals surface area contributed by atoms with E-state index in [1.807, 2.05) is 0 Å². The average molecular weight is 1010 g/mol. The maximum absolute atomic E-state index is 12.5. The molecule has 9 unspecified atom stereocenters. The van der Waals surface area contributed by atoms with E-state index in [1.165, 1.54) is 35.4 Å². The van der Waals surface area contributed by atoms with Crippen LogP contribution in [0.25, 0.3) is 0 Å². The summed E-state index contributed by atoms with van der Waals surface area (Å²) in [6.07, 6.45) is 28.3. The minimum absolute atomic E-state index is 0. The minimum atomic E-state index is -4.41. The van der Waals surface area contributed by atoms with E-state index in [1.54, 1.807) is 0 Å². The van der Waals surface area contributed by atoms with Crippen molar-refractivity contribution < 1.29 is 75.4 Å². The molecule has 2 aromatic carbocycles. The van der Waals surface area contributed by atoms with Crippen LogP contribution >= 0.6 is 0 Å². The van der Waals surface area contributed by atoms with Gasteiger partial charge in [0.15, 0.2) is 0 Å². The second-order valence-electron chi connectivity index (χ2n) is 21.2. The molecule has 0 saturated heterocycles. The van der Waals surface area contributed by atoms with Crippen LogP contribution in [-0.4, -0.2) is 3.21 Å². The normalized spacial score (nSPS) is 34.9. The third-order valence-electron chi connectivity index (χ3n) is 17.4. The molecule has 0 N–H and O–H groups in total. The summed E-state index contributed by atoms with van der Waals surface area (Å²) in [5.41, 5.74) is 3.06. The van der Waals surface area contributed by atoms with Gasteiger partial charge in [0.05, 0.1) is 0 Å². The van der Waals surface area contributed by atoms with E-state index in [2.05, 4.69) is 181 Å². The van der Waals surface area contributed by atoms with Gasteiger partial charge in [-0.25, -0.2) is 6.08 Å². The molecule has 0 amide bonds. The number of fused-ring (bicyclic) bond motifs is 8. The summed E-state index contributed by atoms with van der Waals surface area (Å²) >= 11 is 0.898. The van der Waals surface area contributed by atoms with Crippen molar-refractivity contribution in [2.45, 2.75) is 102 Å². The smallest absolute Gasteiger partial charge is 1.00 e. The predicted octanol–water partition coefficient (Wildman–Crippen LogP) is 10.1. The fourth-order valence-corrected chi connectivity index (χ4v) is 13.2. The number of alkyl halides is 6. The maximum Gasteiger partial charge on any atom is -1.00 e. The van der Waals surface area contributed by atoms with Gasteiger partial charge < -0.3 is 31.2 Å². The fourth-order valence-electron chi connectivity index (χ4n) is 12.4. The molecule has 0 aromatic heterocycles. The number of halogens is 8. The van der Waals surface area contributed by atoms with Gasteiger partial charge in [-0.15, -0.1) is 17.4 Å². The summed E-state index contributed by atoms with van der Waals surface area (Å²) in [6.45, 7) is 31.5. The number of benzene rings is 2. The molecule has 0 aliphatic heterocycles. The Kier molecular flexibility index (Phi) is 15.5. The summed E-state index contributed by atoms with van der Waals surface area (Å²) in [6, 6.07) is 9.14. The van der Waals surface area contributed by atoms with Crippen LogP contribution in [0.15, 0.2) is 139 Å². The Bertz CT molecular complexity index is 2290. The zero-order valence-electron chi connectivity index (χ0n) is 40.0. The van der Waals surface area contributed by atoms with E-state index in [-0.39, 0.29) is 68.1 Å². The molecule has 0 heterocycles. The largest absolute Gasteiger partial charge is 1.00 e. The Labute approximate surface area is 412 Å². The zero-order valence-corrected chi connectivity index (χ0v) is 43.9. The Morgan fingerprint density at radius 1 is 0.646 bits per heavy atom. The summed E-state index contributed by atoms with van der Waals surface area (Å²) in [7, 11) is 0. The van der Waals surface area contributed by atoms with Crippen molar-refractivity contribution in [3.05, 3.63) is 173 Å². The van der Waals surface area contributed by atoms with Gasteiger partial charge in [-0.3, -0.25) is 6.08 Å². The second kappa shape index (κ2) is 18.3. The van der Waals surface area contributed by atoms with Crippen molar-refractivity contribution in [2.75, 3.05) is 0 Å². The van der Waals surface area contributed by atoms with Gasteiger partial charge in [-0.1, -0.05) is 167 Å². The van der Waals surface area contributed by atoms with Crippen molar-refractivity contribution >= 4 is 3.21 Å². The van der Waals surface area contributed by atoms with Crippen LogP contribution in [0.4, 0.5) is 26.3 Å². The van der Waals surface area contributed by atoms with Crippen LogP contribution in [0.2, 0.25) is 0 Å². The van der Waals surface area contributed by atoms with Crippen molar-refractivity contribution in [2.24, 2.45) is 61.1 Å². The van der Waals surface area contributed by atoms with Crippen molar-refractivity contribution in [3.63, 3.8) is 0 Å². The first-order valence-electron chi connectivity index (χ1n) is 22.1. The van der Waals surface area contributed by atoms with Gasteiger partial charge in [0.25, 0.3) is 0 Å². The van der Waals surface area contributed by atoms with Crippen LogP contribution in [-0.2, 0) is 36.6 Å². The first-order chi connectivity index (χ1) is 28.9. The number of hydrogen-bond acceptors (Lipinski definition) is 0. The van der Waals surface area contributed by atoms with E-state index >= 15 is 0 Å². The van der Waals surface area contributed by atoms with Crippen molar-refractivity contribution in [1.82, 2.24) is 0 Å². The third kappa shape index (κ3) is 8.38. The molecule has 2 aromatic rings. The first-order valence-corrected chi connectivity index (χ1v) is 23.3. The van der Waals surface area contributed by atoms with E-state index in [9.17, 15) is 26.3 Å². The molecule has 6 aliphatic rings. The summed E-state index contributed by atoms with van der Waals surface area (Å²) in [5.74, 6) is 1.68. The standard InChI is InChI=1S/C29H37.C15H8F6.C12H19.2ClH.Zr/c1-21-14-13-15-22-20-27(6)25(4)18-10-9-16-23(25,2)24(3)17-11-12-19-26(24,5)29(27,8)28(21,22)7;16-14(17,18)12-5-1-10(2-6-12)9-11-3-7-13(8-4-11)15(19,20)21;1-9(2)10-6-7-11(8-10)12(3,4)5;;;/h9-20,22H,1-8H3;1-8H;7-10H,1-5H3;2*1H;/q-1;;-1;;;+2/p-2. The summed E-state index contributed by atoms with van der Waals surface area (Å²) < 4.78 is 75.6. The van der Waals surface area contributed by atoms with E-state index < -0.39 is 23.5 Å². The monoisotopic (exact) mass is 1010 g/mol. The predicted molar refractivity (Wildman–Crippen MR) is 244 cm³/mol. The molecule has 6 aliphatic carbocycles. The summed E-state index contributed by atoms with van der Waals surface area (Å²) in [5, 5.41) is 0. The Morgan fingerprint density at radius 3 is 1.45 bits per heavy atom. The number of hydrogen-bond donors (Lipinski definition) is 0. The number of rotatable bonds is 3. The second-order valence-corrected chi connectivity index (χ2v) is 22.4. The molecular formula is C56H64Cl2F6Zr-2. The molecule has 2 fully saturated rings. The first kappa shape index (κ1) is 54.9. The van der Waals surface area contributed by atoms with E-state index in [0.29, 0.717) is 32.1 Å². The molecule has 0 nitrogen and oxygen atoms in total. The maximum atomic E-state index is 12.5. The molecule has 0 bridgehead atoms. The molecule has 65 heavy (non-hydrogen) atoms. The molecule has 8 rings (SSSR count). The summed E-state index contributed by atoms with van der Waals surface area (Å²) in [4.78, 5) is 0. The number of allylic oxidation sites excluding steroid dienone is 16. The molecule has 9 heteroatoms. The van der Waals surface area contributed by atoms with Crippen LogP contribution in [0.3, 0.4) is 0 Å². The van der Waals surface area contributed by atoms with E-state index in [4.69, 9.17) is 0 Å². The third-order valence-corrected chi connectivity index (χ3v) is 18.8. The van der Waals surface area contributed by atoms with Gasteiger partial charge in [0.1, 0.15) is 0 Å². The van der Waals surface area contributed by atoms with E-state index in [0.717, 1.165) is 48.5 Å². The van der Waals surface area contributed by atoms with Gasteiger partial charge in [-0.05, 0) is 28.6 Å². The minimum Gasteiger partial charge on any atom is -1.00 e. The quantitative estimate of drug-likeness (QED) is 0.212. The Balaban J connectivity index is 0.000000228. The van der Waals surface area contributed by atoms with Gasteiger partial charge in [0.2, 0.25) is 0 Å². The molecule has 0 spiro atoms. The molecule has 350 valence electrons. The van der Waals surface area contributed by atoms with Crippen LogP contribution in [0.5, 0.6) is 0 Å². The fraction of sp³-hybridized carbons (Fsp3) is 0.464. The molecular weight excluding hydrogens is 949 g/mol. The molecule has 0 radical (unpaired) electrons. The van der Waals surface area contributed by atoms with Gasteiger partial charge >= 0.3 is 137 Å². The van der Waals surface area contributed by atoms with Crippen LogP contribution < -0.4 is 24.8 Å². The average Bonchev–Trinajstić information content (AvgIpc) is 3.80. The van der Waals surface area contributed by atoms with Crippen LogP contribution in [0, 0.1) is 73.6 Å². The Hall–Kier alpha value is -2.73. The zero-order chi connectivity index (χ0) is 47.0. The van der Waals surface area contributed by atoms with Crippen molar-refractivity contribution in [3.8, 4) is 0 Å². The van der Waals surface area contributed by atoms with Crippen LogP contribution in [0.1, 0.15) is 112 Å².